The minimum absolute atomic E-state index is 0.0292. The fourth-order valence-electron chi connectivity index (χ4n) is 7.76. The molecule has 0 saturated carbocycles. The number of carbonyl (C=O) groups is 5. The van der Waals surface area contributed by atoms with Crippen molar-refractivity contribution in [3.05, 3.63) is 99.6 Å². The molecule has 4 aromatic rings. The maximum absolute atomic E-state index is 14.1. The molecule has 2 heterocycles. The molecule has 2 aliphatic carbocycles. The van der Waals surface area contributed by atoms with Gasteiger partial charge in [0.2, 0.25) is 5.78 Å². The first-order valence-corrected chi connectivity index (χ1v) is 15.3. The summed E-state index contributed by atoms with van der Waals surface area (Å²) in [5, 5.41) is 46.0. The van der Waals surface area contributed by atoms with Gasteiger partial charge in [-0.15, -0.1) is 0 Å². The molecule has 8 rings (SSSR count). The molecule has 0 amide bonds. The fraction of sp³-hybridized carbons (Fsp3) is 0.216. The third-order valence-electron chi connectivity index (χ3n) is 10.1. The molecule has 4 unspecified atom stereocenters. The number of cyclic esters (lactones) is 1. The van der Waals surface area contributed by atoms with Crippen LogP contribution in [0.15, 0.2) is 77.4 Å². The van der Waals surface area contributed by atoms with E-state index in [1.165, 1.54) is 26.0 Å². The normalized spacial score (nSPS) is 26.6. The van der Waals surface area contributed by atoms with Crippen molar-refractivity contribution in [1.82, 2.24) is 0 Å². The summed E-state index contributed by atoms with van der Waals surface area (Å²) < 4.78 is 11.2. The van der Waals surface area contributed by atoms with Gasteiger partial charge in [-0.25, -0.2) is 4.79 Å². The minimum atomic E-state index is -2.03. The van der Waals surface area contributed by atoms with Gasteiger partial charge in [-0.1, -0.05) is 62.4 Å². The van der Waals surface area contributed by atoms with Crippen LogP contribution in [0.3, 0.4) is 0 Å². The molecule has 4 aliphatic rings. The lowest BCUT2D eigenvalue weighted by atomic mass is 9.69. The van der Waals surface area contributed by atoms with E-state index in [2.05, 4.69) is 0 Å². The first-order chi connectivity index (χ1) is 22.9. The second-order valence-corrected chi connectivity index (χ2v) is 12.6. The fourth-order valence-corrected chi connectivity index (χ4v) is 7.76. The van der Waals surface area contributed by atoms with Gasteiger partial charge >= 0.3 is 5.97 Å². The summed E-state index contributed by atoms with van der Waals surface area (Å²) in [5.41, 5.74) is -1.56. The number of aliphatic hydroxyl groups is 2. The Morgan fingerprint density at radius 3 is 1.94 bits per heavy atom. The minimum Gasteiger partial charge on any atom is -0.507 e. The zero-order valence-electron chi connectivity index (χ0n) is 25.4. The Morgan fingerprint density at radius 1 is 0.708 bits per heavy atom. The Kier molecular flexibility index (Phi) is 6.30. The number of rotatable bonds is 2. The molecule has 0 spiro atoms. The van der Waals surface area contributed by atoms with Crippen molar-refractivity contribution >= 4 is 56.4 Å². The van der Waals surface area contributed by atoms with E-state index in [9.17, 15) is 44.4 Å². The number of ether oxygens (including phenoxy) is 2. The molecule has 11 nitrogen and oxygen atoms in total. The Labute approximate surface area is 271 Å². The van der Waals surface area contributed by atoms with E-state index >= 15 is 0 Å². The molecule has 2 aliphatic heterocycles. The van der Waals surface area contributed by atoms with E-state index in [1.54, 1.807) is 48.5 Å². The van der Waals surface area contributed by atoms with Gasteiger partial charge in [0, 0.05) is 39.3 Å². The van der Waals surface area contributed by atoms with Crippen molar-refractivity contribution in [3.8, 4) is 11.5 Å². The Balaban J connectivity index is 1.16. The molecule has 240 valence electrons. The van der Waals surface area contributed by atoms with E-state index in [4.69, 9.17) is 9.47 Å². The highest BCUT2D eigenvalue weighted by atomic mass is 16.6. The van der Waals surface area contributed by atoms with Crippen LogP contribution < -0.4 is 0 Å². The number of phenolic OH excluding ortho intramolecular Hbond substituents is 2. The number of aromatic hydroxyl groups is 2. The van der Waals surface area contributed by atoms with Gasteiger partial charge < -0.3 is 29.9 Å². The van der Waals surface area contributed by atoms with Crippen LogP contribution in [0.2, 0.25) is 0 Å². The summed E-state index contributed by atoms with van der Waals surface area (Å²) in [5.74, 6) is -9.03. The van der Waals surface area contributed by atoms with Crippen molar-refractivity contribution in [2.45, 2.75) is 32.3 Å². The number of hydrogen-bond acceptors (Lipinski definition) is 11. The summed E-state index contributed by atoms with van der Waals surface area (Å²) in [7, 11) is 0. The smallest absolute Gasteiger partial charge is 0.339 e. The second kappa shape index (κ2) is 10.2. The third-order valence-corrected chi connectivity index (χ3v) is 10.1. The van der Waals surface area contributed by atoms with Gasteiger partial charge in [0.15, 0.2) is 29.7 Å². The monoisotopic (exact) mass is 646 g/mol. The average Bonchev–Trinajstić information content (AvgIpc) is 3.07. The van der Waals surface area contributed by atoms with Gasteiger partial charge in [0.25, 0.3) is 0 Å². The van der Waals surface area contributed by atoms with E-state index < -0.39 is 88.0 Å². The molecule has 0 radical (unpaired) electrons. The van der Waals surface area contributed by atoms with Crippen LogP contribution in [0.4, 0.5) is 0 Å². The zero-order chi connectivity index (χ0) is 33.9. The maximum Gasteiger partial charge on any atom is 0.339 e. The molecule has 4 N–H and O–H groups in total. The SMILES string of the molecule is CC1C(C(=O)[C@@H]2O[C@@H](O)C3=C(C(=O)c4cc5ccccc5c(O)c4C3=O)C2C)OC(=O)C2=C(O)c3c(cc4ccccc4c3O)C(=O)C21. The number of aliphatic hydroxyl groups excluding tert-OH is 2. The largest absolute Gasteiger partial charge is 0.507 e. The molecular formula is C37H26O11. The van der Waals surface area contributed by atoms with E-state index in [1.807, 2.05) is 0 Å². The summed E-state index contributed by atoms with van der Waals surface area (Å²) in [6.45, 7) is 2.95. The van der Waals surface area contributed by atoms with Crippen LogP contribution >= 0.6 is 0 Å². The van der Waals surface area contributed by atoms with Crippen LogP contribution in [0.25, 0.3) is 27.3 Å². The Bertz CT molecular complexity index is 2290. The molecule has 0 aromatic heterocycles. The number of carbonyl (C=O) groups excluding carboxylic acids is 5. The molecule has 0 bridgehead atoms. The topological polar surface area (TPSA) is 185 Å². The summed E-state index contributed by atoms with van der Waals surface area (Å²) in [6.07, 6.45) is -5.21. The lowest BCUT2D eigenvalue weighted by molar-refractivity contribution is -0.178. The number of benzene rings is 4. The van der Waals surface area contributed by atoms with Crippen LogP contribution in [0.1, 0.15) is 50.5 Å². The molecule has 11 heteroatoms. The first-order valence-electron chi connectivity index (χ1n) is 15.3. The van der Waals surface area contributed by atoms with E-state index in [0.29, 0.717) is 21.5 Å². The molecule has 1 saturated heterocycles. The maximum atomic E-state index is 14.1. The highest BCUT2D eigenvalue weighted by Crippen LogP contribution is 2.49. The van der Waals surface area contributed by atoms with Crippen molar-refractivity contribution in [1.29, 1.82) is 0 Å². The highest BCUT2D eigenvalue weighted by molar-refractivity contribution is 6.30. The van der Waals surface area contributed by atoms with Crippen LogP contribution in [0.5, 0.6) is 11.5 Å². The van der Waals surface area contributed by atoms with Gasteiger partial charge in [0.05, 0.1) is 28.2 Å². The zero-order valence-corrected chi connectivity index (χ0v) is 25.4. The van der Waals surface area contributed by atoms with Crippen LogP contribution in [-0.2, 0) is 19.1 Å². The lowest BCUT2D eigenvalue weighted by Gasteiger charge is -2.41. The predicted molar refractivity (Wildman–Crippen MR) is 168 cm³/mol. The lowest BCUT2D eigenvalue weighted by Crippen LogP contribution is -2.55. The van der Waals surface area contributed by atoms with Gasteiger partial charge in [0.1, 0.15) is 23.4 Å². The molecular weight excluding hydrogens is 620 g/mol. The average molecular weight is 647 g/mol. The highest BCUT2D eigenvalue weighted by Gasteiger charge is 2.55. The van der Waals surface area contributed by atoms with E-state index in [-0.39, 0.29) is 33.6 Å². The summed E-state index contributed by atoms with van der Waals surface area (Å²) >= 11 is 0. The van der Waals surface area contributed by atoms with Crippen molar-refractivity contribution in [3.63, 3.8) is 0 Å². The molecule has 1 fully saturated rings. The van der Waals surface area contributed by atoms with Gasteiger partial charge in [-0.3, -0.25) is 19.2 Å². The number of ketones is 4. The predicted octanol–water partition coefficient (Wildman–Crippen LogP) is 4.35. The standard InChI is InChI=1S/C37H26O11/c1-13-21-25(31(42)23-19(29(21)40)11-15-7-3-5-9-17(15)27(23)38)36(45)47-34(13)33(44)35-14(2)22-26(37(46)48-35)32(43)24-20(30(22)41)12-16-8-4-6-10-18(16)28(24)39/h3-14,21,34-35,37-39,42,46H,1-2H3/t13?,14?,21?,34?,35-,37-/m1/s1. The van der Waals surface area contributed by atoms with Crippen molar-refractivity contribution in [2.24, 2.45) is 17.8 Å². The first kappa shape index (κ1) is 29.7. The van der Waals surface area contributed by atoms with Crippen molar-refractivity contribution in [2.75, 3.05) is 0 Å². The Hall–Kier alpha value is -5.65. The van der Waals surface area contributed by atoms with Crippen LogP contribution in [0, 0.1) is 17.8 Å². The molecule has 48 heavy (non-hydrogen) atoms. The quantitative estimate of drug-likeness (QED) is 0.227. The third kappa shape index (κ3) is 3.79. The van der Waals surface area contributed by atoms with Crippen LogP contribution in [-0.4, -0.2) is 68.0 Å². The number of phenols is 2. The molecule has 6 atom stereocenters. The Morgan fingerprint density at radius 2 is 1.29 bits per heavy atom. The van der Waals surface area contributed by atoms with Gasteiger partial charge in [-0.2, -0.15) is 0 Å². The summed E-state index contributed by atoms with van der Waals surface area (Å²) in [4.78, 5) is 69.1. The number of esters is 1. The van der Waals surface area contributed by atoms with Gasteiger partial charge in [-0.05, 0) is 22.9 Å². The second-order valence-electron chi connectivity index (χ2n) is 12.6. The number of fused-ring (bicyclic) bond motifs is 5. The molecule has 4 aromatic carbocycles. The van der Waals surface area contributed by atoms with E-state index in [0.717, 1.165) is 0 Å². The van der Waals surface area contributed by atoms with Crippen molar-refractivity contribution < 1.29 is 53.9 Å². The number of Topliss-reactive ketones (excluding diaryl/α,β-unsaturated/α-hetero) is 4. The number of hydrogen-bond donors (Lipinski definition) is 4. The summed E-state index contributed by atoms with van der Waals surface area (Å²) in [6, 6.07) is 16.3.